The van der Waals surface area contributed by atoms with Crippen molar-refractivity contribution in [1.82, 2.24) is 25.1 Å². The van der Waals surface area contributed by atoms with E-state index in [0.29, 0.717) is 31.7 Å². The van der Waals surface area contributed by atoms with Gasteiger partial charge in [0.25, 0.3) is 11.8 Å². The third kappa shape index (κ3) is 7.65. The predicted octanol–water partition coefficient (Wildman–Crippen LogP) is 5.53. The summed E-state index contributed by atoms with van der Waals surface area (Å²) in [6.07, 6.45) is -2.54. The third-order valence-corrected chi connectivity index (χ3v) is 8.30. The Labute approximate surface area is 263 Å². The largest absolute Gasteiger partial charge is 0.416 e. The number of amides is 2. The third-order valence-electron chi connectivity index (χ3n) is 6.39. The summed E-state index contributed by atoms with van der Waals surface area (Å²) in [6, 6.07) is 14.3. The van der Waals surface area contributed by atoms with Crippen LogP contribution in [0.5, 0.6) is 0 Å². The molecule has 0 atom stereocenters. The Morgan fingerprint density at radius 1 is 1.00 bits per heavy atom. The Bertz CT molecular complexity index is 1720. The molecular weight excluding hydrogens is 696 g/mol. The molecule has 3 aromatic carbocycles. The first-order chi connectivity index (χ1) is 20.2. The summed E-state index contributed by atoms with van der Waals surface area (Å²) in [5, 5.41) is 13.5. The van der Waals surface area contributed by atoms with E-state index in [2.05, 4.69) is 21.1 Å². The van der Waals surface area contributed by atoms with Crippen LogP contribution in [0.4, 0.5) is 18.9 Å². The maximum atomic E-state index is 13.3. The van der Waals surface area contributed by atoms with Gasteiger partial charge in [-0.3, -0.25) is 9.59 Å². The molecule has 0 aliphatic carbocycles. The normalized spacial score (nSPS) is 11.8. The average molecular weight is 725 g/mol. The first-order valence-corrected chi connectivity index (χ1v) is 15.4. The van der Waals surface area contributed by atoms with Crippen LogP contribution in [0.3, 0.4) is 0 Å². The van der Waals surface area contributed by atoms with Crippen molar-refractivity contribution < 1.29 is 22.8 Å². The second kappa shape index (κ2) is 12.9. The fraction of sp³-hybridized carbons (Fsp3) is 0.276. The van der Waals surface area contributed by atoms with E-state index in [1.807, 2.05) is 42.7 Å². The summed E-state index contributed by atoms with van der Waals surface area (Å²) in [5.74, 6) is -0.0823. The Hall–Kier alpha value is -3.66. The molecule has 1 aromatic heterocycles. The van der Waals surface area contributed by atoms with E-state index in [-0.39, 0.29) is 23.7 Å². The standard InChI is InChI=1S/C29H28F3IN6O3S/c1-17-14-18(15-38-27(42)39(37-36-38)20-11-9-19(10-12-20)29(30,31)32)8-13-23(17)34-25(40)21-6-5-7-22(33)24(21)26(41)35-28(2,3)16-43-4/h5-14H,15-16H2,1-4H3,(H,34,40)(H,35,41). The molecule has 4 rings (SSSR count). The van der Waals surface area contributed by atoms with Gasteiger partial charge in [-0.25, -0.2) is 4.79 Å². The van der Waals surface area contributed by atoms with Crippen LogP contribution in [-0.2, 0) is 12.7 Å². The summed E-state index contributed by atoms with van der Waals surface area (Å²) >= 11 is 3.65. The molecule has 0 aliphatic heterocycles. The number of carbonyl (C=O) groups excluding carboxylic acids is 2. The summed E-state index contributed by atoms with van der Waals surface area (Å²) in [4.78, 5) is 39.4. The van der Waals surface area contributed by atoms with Gasteiger partial charge in [-0.1, -0.05) is 18.2 Å². The lowest BCUT2D eigenvalue weighted by atomic mass is 10.0. The molecule has 1 heterocycles. The lowest BCUT2D eigenvalue weighted by molar-refractivity contribution is -0.137. The van der Waals surface area contributed by atoms with Gasteiger partial charge in [0.1, 0.15) is 0 Å². The molecule has 4 aromatic rings. The number of benzene rings is 3. The van der Waals surface area contributed by atoms with E-state index < -0.39 is 28.9 Å². The van der Waals surface area contributed by atoms with E-state index in [9.17, 15) is 27.6 Å². The van der Waals surface area contributed by atoms with Crippen molar-refractivity contribution in [2.45, 2.75) is 39.0 Å². The highest BCUT2D eigenvalue weighted by Gasteiger charge is 2.30. The minimum absolute atomic E-state index is 0.0432. The van der Waals surface area contributed by atoms with Gasteiger partial charge in [-0.2, -0.15) is 34.3 Å². The number of anilines is 1. The maximum Gasteiger partial charge on any atom is 0.416 e. The number of aryl methyl sites for hydroxylation is 1. The van der Waals surface area contributed by atoms with Crippen LogP contribution in [0.15, 0.2) is 65.5 Å². The van der Waals surface area contributed by atoms with Crippen LogP contribution < -0.4 is 16.3 Å². The monoisotopic (exact) mass is 724 g/mol. The van der Waals surface area contributed by atoms with Gasteiger partial charge in [0, 0.05) is 20.5 Å². The molecule has 2 N–H and O–H groups in total. The molecule has 0 saturated heterocycles. The fourth-order valence-electron chi connectivity index (χ4n) is 4.36. The van der Waals surface area contributed by atoms with E-state index in [1.54, 1.807) is 55.1 Å². The maximum absolute atomic E-state index is 13.3. The highest BCUT2D eigenvalue weighted by Crippen LogP contribution is 2.29. The Kier molecular flexibility index (Phi) is 9.69. The van der Waals surface area contributed by atoms with E-state index in [1.165, 1.54) is 0 Å². The minimum atomic E-state index is -4.49. The van der Waals surface area contributed by atoms with Gasteiger partial charge in [0.2, 0.25) is 0 Å². The van der Waals surface area contributed by atoms with E-state index in [0.717, 1.165) is 33.6 Å². The first kappa shape index (κ1) is 32.3. The van der Waals surface area contributed by atoms with Crippen molar-refractivity contribution in [3.8, 4) is 5.69 Å². The molecule has 0 spiro atoms. The number of nitrogens with zero attached hydrogens (tertiary/aromatic N) is 4. The lowest BCUT2D eigenvalue weighted by Crippen LogP contribution is -2.46. The molecule has 226 valence electrons. The van der Waals surface area contributed by atoms with Crippen molar-refractivity contribution in [2.24, 2.45) is 0 Å². The number of halogens is 4. The molecule has 9 nitrogen and oxygen atoms in total. The number of rotatable bonds is 9. The Morgan fingerprint density at radius 3 is 2.33 bits per heavy atom. The SMILES string of the molecule is CSCC(C)(C)NC(=O)c1c(I)cccc1C(=O)Nc1ccc(Cn2nnn(-c3ccc(C(F)(F)F)cc3)c2=O)cc1C. The number of nitrogens with one attached hydrogen (secondary N) is 2. The van der Waals surface area contributed by atoms with Crippen molar-refractivity contribution in [1.29, 1.82) is 0 Å². The average Bonchev–Trinajstić information content (AvgIpc) is 3.28. The number of tetrazole rings is 1. The molecule has 0 bridgehead atoms. The molecule has 0 radical (unpaired) electrons. The summed E-state index contributed by atoms with van der Waals surface area (Å²) in [7, 11) is 0. The van der Waals surface area contributed by atoms with Crippen molar-refractivity contribution in [3.63, 3.8) is 0 Å². The predicted molar refractivity (Wildman–Crippen MR) is 168 cm³/mol. The number of thioether (sulfide) groups is 1. The van der Waals surface area contributed by atoms with E-state index in [4.69, 9.17) is 0 Å². The van der Waals surface area contributed by atoms with Gasteiger partial charge in [0.05, 0.1) is 28.9 Å². The van der Waals surface area contributed by atoms with Gasteiger partial charge in [0.15, 0.2) is 0 Å². The Morgan fingerprint density at radius 2 is 1.70 bits per heavy atom. The number of alkyl halides is 3. The van der Waals surface area contributed by atoms with Crippen molar-refractivity contribution >= 4 is 51.9 Å². The van der Waals surface area contributed by atoms with Crippen LogP contribution in [0.1, 0.15) is 51.3 Å². The van der Waals surface area contributed by atoms with Crippen LogP contribution in [-0.4, -0.2) is 49.2 Å². The summed E-state index contributed by atoms with van der Waals surface area (Å²) in [6.45, 7) is 5.67. The summed E-state index contributed by atoms with van der Waals surface area (Å²) in [5.41, 5.74) is 0.641. The van der Waals surface area contributed by atoms with Gasteiger partial charge in [-0.15, -0.1) is 0 Å². The number of hydrogen-bond acceptors (Lipinski definition) is 6. The molecule has 0 aliphatic rings. The second-order valence-corrected chi connectivity index (χ2v) is 12.4. The quantitative estimate of drug-likeness (QED) is 0.220. The van der Waals surface area contributed by atoms with Crippen LogP contribution >= 0.6 is 34.4 Å². The molecular formula is C29H28F3IN6O3S. The van der Waals surface area contributed by atoms with Crippen LogP contribution in [0.2, 0.25) is 0 Å². The molecule has 0 fully saturated rings. The zero-order chi connectivity index (χ0) is 31.5. The highest BCUT2D eigenvalue weighted by atomic mass is 127. The molecule has 43 heavy (non-hydrogen) atoms. The minimum Gasteiger partial charge on any atom is -0.346 e. The van der Waals surface area contributed by atoms with Gasteiger partial charge >= 0.3 is 11.9 Å². The van der Waals surface area contributed by atoms with Crippen LogP contribution in [0, 0.1) is 10.5 Å². The topological polar surface area (TPSA) is 111 Å². The van der Waals surface area contributed by atoms with Gasteiger partial charge in [-0.05, 0) is 114 Å². The lowest BCUT2D eigenvalue weighted by Gasteiger charge is -2.26. The molecule has 0 saturated carbocycles. The summed E-state index contributed by atoms with van der Waals surface area (Å²) < 4.78 is 41.2. The van der Waals surface area contributed by atoms with Crippen LogP contribution in [0.25, 0.3) is 5.69 Å². The first-order valence-electron chi connectivity index (χ1n) is 12.9. The van der Waals surface area contributed by atoms with Crippen molar-refractivity contribution in [3.05, 3.63) is 103 Å². The molecule has 14 heteroatoms. The zero-order valence-corrected chi connectivity index (χ0v) is 26.6. The number of carbonyl (C=O) groups is 2. The second-order valence-electron chi connectivity index (χ2n) is 10.4. The number of aromatic nitrogens is 4. The fourth-order valence-corrected chi connectivity index (χ4v) is 5.90. The molecule has 0 unspecified atom stereocenters. The smallest absolute Gasteiger partial charge is 0.346 e. The molecule has 2 amide bonds. The van der Waals surface area contributed by atoms with Gasteiger partial charge < -0.3 is 10.6 Å². The van der Waals surface area contributed by atoms with E-state index >= 15 is 0 Å². The highest BCUT2D eigenvalue weighted by molar-refractivity contribution is 14.1. The number of hydrogen-bond donors (Lipinski definition) is 2. The zero-order valence-electron chi connectivity index (χ0n) is 23.6. The van der Waals surface area contributed by atoms with Crippen molar-refractivity contribution in [2.75, 3.05) is 17.3 Å². The Balaban J connectivity index is 1.50.